The molecule has 0 spiro atoms. The van der Waals surface area contributed by atoms with Gasteiger partial charge in [-0.2, -0.15) is 0 Å². The van der Waals surface area contributed by atoms with E-state index in [0.717, 1.165) is 0 Å². The lowest BCUT2D eigenvalue weighted by Crippen LogP contribution is -2.55. The SMILES string of the molecule is NC(Cc1cnc[nH]1)C(=O)NC(CCC(=O)O)C(=O)NC(CCC(=O)O)C(=O)O. The maximum atomic E-state index is 12.4. The lowest BCUT2D eigenvalue weighted by atomic mass is 10.1. The molecule has 1 aromatic heterocycles. The third kappa shape index (κ3) is 8.83. The topological polar surface area (TPSA) is 225 Å². The quantitative estimate of drug-likeness (QED) is 0.189. The Hall–Kier alpha value is -3.48. The summed E-state index contributed by atoms with van der Waals surface area (Å²) in [5.41, 5.74) is 6.34. The fraction of sp³-hybridized carbons (Fsp3) is 0.500. The van der Waals surface area contributed by atoms with Crippen molar-refractivity contribution in [3.63, 3.8) is 0 Å². The van der Waals surface area contributed by atoms with Crippen LogP contribution < -0.4 is 16.4 Å². The molecule has 3 unspecified atom stereocenters. The van der Waals surface area contributed by atoms with Gasteiger partial charge >= 0.3 is 17.9 Å². The van der Waals surface area contributed by atoms with Crippen LogP contribution >= 0.6 is 0 Å². The number of imidazole rings is 1. The van der Waals surface area contributed by atoms with Crippen molar-refractivity contribution in [2.75, 3.05) is 0 Å². The number of nitrogens with zero attached hydrogens (tertiary/aromatic N) is 1. The second-order valence-electron chi connectivity index (χ2n) is 6.21. The number of carboxylic acid groups (broad SMARTS) is 3. The van der Waals surface area contributed by atoms with Crippen molar-refractivity contribution in [1.29, 1.82) is 0 Å². The first-order chi connectivity index (χ1) is 13.6. The highest BCUT2D eigenvalue weighted by Crippen LogP contribution is 2.04. The van der Waals surface area contributed by atoms with Gasteiger partial charge in [0.25, 0.3) is 0 Å². The van der Waals surface area contributed by atoms with E-state index >= 15 is 0 Å². The summed E-state index contributed by atoms with van der Waals surface area (Å²) < 4.78 is 0. The number of carboxylic acids is 3. The number of nitrogens with one attached hydrogen (secondary N) is 3. The lowest BCUT2D eigenvalue weighted by molar-refractivity contribution is -0.144. The summed E-state index contributed by atoms with van der Waals surface area (Å²) in [5.74, 6) is -5.63. The Kier molecular flexibility index (Phi) is 9.25. The zero-order valence-electron chi connectivity index (χ0n) is 15.3. The Morgan fingerprint density at radius 2 is 1.52 bits per heavy atom. The average Bonchev–Trinajstić information content (AvgIpc) is 3.13. The summed E-state index contributed by atoms with van der Waals surface area (Å²) in [5, 5.41) is 31.1. The van der Waals surface area contributed by atoms with E-state index in [1.807, 2.05) is 0 Å². The molecule has 0 aliphatic carbocycles. The Morgan fingerprint density at radius 3 is 2.00 bits per heavy atom. The summed E-state index contributed by atoms with van der Waals surface area (Å²) in [6.07, 6.45) is 1.27. The molecule has 1 aromatic rings. The molecule has 0 aliphatic heterocycles. The molecule has 8 N–H and O–H groups in total. The lowest BCUT2D eigenvalue weighted by Gasteiger charge is -2.22. The number of carbonyl (C=O) groups excluding carboxylic acids is 2. The predicted octanol–water partition coefficient (Wildman–Crippen LogP) is -1.94. The van der Waals surface area contributed by atoms with Crippen LogP contribution in [0.2, 0.25) is 0 Å². The molecule has 13 heteroatoms. The molecule has 0 radical (unpaired) electrons. The minimum atomic E-state index is -1.51. The first-order valence-electron chi connectivity index (χ1n) is 8.60. The van der Waals surface area contributed by atoms with Crippen LogP contribution in [0.15, 0.2) is 12.5 Å². The summed E-state index contributed by atoms with van der Waals surface area (Å²) in [6.45, 7) is 0. The zero-order chi connectivity index (χ0) is 22.0. The van der Waals surface area contributed by atoms with E-state index in [2.05, 4.69) is 20.6 Å². The van der Waals surface area contributed by atoms with Crippen LogP contribution in [0.5, 0.6) is 0 Å². The highest BCUT2D eigenvalue weighted by molar-refractivity contribution is 5.92. The van der Waals surface area contributed by atoms with E-state index in [1.54, 1.807) is 0 Å². The monoisotopic (exact) mass is 413 g/mol. The number of aromatic nitrogens is 2. The van der Waals surface area contributed by atoms with Gasteiger partial charge in [0.1, 0.15) is 12.1 Å². The van der Waals surface area contributed by atoms with Crippen molar-refractivity contribution < 1.29 is 39.3 Å². The molecule has 1 heterocycles. The minimum Gasteiger partial charge on any atom is -0.481 e. The van der Waals surface area contributed by atoms with Crippen LogP contribution in [0.25, 0.3) is 0 Å². The van der Waals surface area contributed by atoms with Crippen molar-refractivity contribution in [3.05, 3.63) is 18.2 Å². The van der Waals surface area contributed by atoms with Crippen LogP contribution in [-0.2, 0) is 30.4 Å². The molecule has 1 rings (SSSR count). The number of H-pyrrole nitrogens is 1. The van der Waals surface area contributed by atoms with Crippen molar-refractivity contribution in [1.82, 2.24) is 20.6 Å². The molecule has 160 valence electrons. The third-order valence-electron chi connectivity index (χ3n) is 3.87. The van der Waals surface area contributed by atoms with Gasteiger partial charge in [-0.05, 0) is 12.8 Å². The predicted molar refractivity (Wildman–Crippen MR) is 95.5 cm³/mol. The van der Waals surface area contributed by atoms with E-state index in [4.69, 9.17) is 21.1 Å². The van der Waals surface area contributed by atoms with Gasteiger partial charge in [-0.15, -0.1) is 0 Å². The molecule has 0 saturated heterocycles. The van der Waals surface area contributed by atoms with Gasteiger partial charge in [0, 0.05) is 31.2 Å². The van der Waals surface area contributed by atoms with Gasteiger partial charge in [-0.25, -0.2) is 9.78 Å². The number of rotatable bonds is 13. The Labute approximate surface area is 164 Å². The number of hydrogen-bond acceptors (Lipinski definition) is 7. The fourth-order valence-electron chi connectivity index (χ4n) is 2.34. The van der Waals surface area contributed by atoms with Gasteiger partial charge in [0.2, 0.25) is 11.8 Å². The van der Waals surface area contributed by atoms with Crippen LogP contribution in [0.3, 0.4) is 0 Å². The van der Waals surface area contributed by atoms with Crippen molar-refractivity contribution >= 4 is 29.7 Å². The number of amides is 2. The first kappa shape index (κ1) is 23.6. The standard InChI is InChI=1S/C16H23N5O8/c17-9(5-8-6-18-7-19-8)14(26)20-10(1-3-12(22)23)15(27)21-11(16(28)29)2-4-13(24)25/h6-7,9-11H,1-5,17H2,(H,18,19)(H,20,26)(H,21,27)(H,22,23)(H,24,25)(H,28,29). The van der Waals surface area contributed by atoms with Crippen molar-refractivity contribution in [2.24, 2.45) is 5.73 Å². The minimum absolute atomic E-state index is 0.0788. The molecule has 0 aromatic carbocycles. The van der Waals surface area contributed by atoms with Crippen LogP contribution in [-0.4, -0.2) is 73.1 Å². The van der Waals surface area contributed by atoms with Crippen molar-refractivity contribution in [2.45, 2.75) is 50.2 Å². The highest BCUT2D eigenvalue weighted by Gasteiger charge is 2.28. The first-order valence-corrected chi connectivity index (χ1v) is 8.60. The molecule has 2 amide bonds. The maximum absolute atomic E-state index is 12.4. The largest absolute Gasteiger partial charge is 0.481 e. The molecule has 3 atom stereocenters. The third-order valence-corrected chi connectivity index (χ3v) is 3.87. The van der Waals surface area contributed by atoms with E-state index in [-0.39, 0.29) is 19.3 Å². The Balaban J connectivity index is 2.79. The van der Waals surface area contributed by atoms with Crippen LogP contribution in [0.4, 0.5) is 0 Å². The number of hydrogen-bond donors (Lipinski definition) is 7. The summed E-state index contributed by atoms with van der Waals surface area (Å²) in [4.78, 5) is 63.9. The summed E-state index contributed by atoms with van der Waals surface area (Å²) in [7, 11) is 0. The number of aliphatic carboxylic acids is 3. The number of carbonyl (C=O) groups is 5. The van der Waals surface area contributed by atoms with Crippen molar-refractivity contribution in [3.8, 4) is 0 Å². The van der Waals surface area contributed by atoms with E-state index in [1.165, 1.54) is 12.5 Å². The smallest absolute Gasteiger partial charge is 0.326 e. The van der Waals surface area contributed by atoms with Gasteiger partial charge in [-0.3, -0.25) is 19.2 Å². The van der Waals surface area contributed by atoms with E-state index in [0.29, 0.717) is 5.69 Å². The molecule has 13 nitrogen and oxygen atoms in total. The summed E-state index contributed by atoms with van der Waals surface area (Å²) >= 11 is 0. The van der Waals surface area contributed by atoms with Crippen LogP contribution in [0, 0.1) is 0 Å². The molecule has 0 bridgehead atoms. The van der Waals surface area contributed by atoms with Gasteiger partial charge < -0.3 is 36.7 Å². The Morgan fingerprint density at radius 1 is 0.966 bits per heavy atom. The van der Waals surface area contributed by atoms with Gasteiger partial charge in [0.15, 0.2) is 0 Å². The van der Waals surface area contributed by atoms with E-state index in [9.17, 15) is 24.0 Å². The molecule has 0 saturated carbocycles. The molecular formula is C16H23N5O8. The second kappa shape index (κ2) is 11.4. The molecule has 0 aliphatic rings. The maximum Gasteiger partial charge on any atom is 0.326 e. The summed E-state index contributed by atoms with van der Waals surface area (Å²) in [6, 6.07) is -3.95. The Bertz CT molecular complexity index is 736. The zero-order valence-corrected chi connectivity index (χ0v) is 15.3. The van der Waals surface area contributed by atoms with Gasteiger partial charge in [0.05, 0.1) is 12.4 Å². The number of nitrogens with two attached hydrogens (primary N) is 1. The number of aromatic amines is 1. The molecule has 29 heavy (non-hydrogen) atoms. The molecular weight excluding hydrogens is 390 g/mol. The average molecular weight is 413 g/mol. The van der Waals surface area contributed by atoms with E-state index < -0.39 is 60.7 Å². The molecule has 0 fully saturated rings. The fourth-order valence-corrected chi connectivity index (χ4v) is 2.34. The van der Waals surface area contributed by atoms with Gasteiger partial charge in [-0.1, -0.05) is 0 Å². The highest BCUT2D eigenvalue weighted by atomic mass is 16.4. The second-order valence-corrected chi connectivity index (χ2v) is 6.21. The van der Waals surface area contributed by atoms with Crippen LogP contribution in [0.1, 0.15) is 31.4 Å². The normalized spacial score (nSPS) is 13.7.